The Morgan fingerprint density at radius 1 is 1.03 bits per heavy atom. The van der Waals surface area contributed by atoms with Crippen molar-refractivity contribution in [2.45, 2.75) is 72.1 Å². The van der Waals surface area contributed by atoms with E-state index in [0.29, 0.717) is 6.42 Å². The van der Waals surface area contributed by atoms with Gasteiger partial charge in [-0.3, -0.25) is 9.59 Å². The van der Waals surface area contributed by atoms with Gasteiger partial charge in [0.1, 0.15) is 6.29 Å². The smallest absolute Gasteiger partial charge is 0.217 e. The van der Waals surface area contributed by atoms with Gasteiger partial charge in [-0.1, -0.05) is 49.5 Å². The molecule has 0 fully saturated rings. The highest BCUT2D eigenvalue weighted by atomic mass is 16.4. The molecule has 0 aliphatic rings. The average Bonchev–Trinajstić information content (AvgIpc) is 2.73. The van der Waals surface area contributed by atoms with E-state index in [-0.39, 0.29) is 5.91 Å². The Morgan fingerprint density at radius 3 is 1.97 bits per heavy atom. The van der Waals surface area contributed by atoms with Gasteiger partial charge in [0, 0.05) is 20.6 Å². The monoisotopic (exact) mass is 405 g/mol. The van der Waals surface area contributed by atoms with Crippen molar-refractivity contribution in [3.8, 4) is 12.8 Å². The predicted octanol–water partition coefficient (Wildman–Crippen LogP) is 5.94. The molecule has 0 aliphatic carbocycles. The van der Waals surface area contributed by atoms with Crippen LogP contribution in [0.15, 0.2) is 48.1 Å². The number of carbonyl (C=O) groups excluding carboxylic acids is 2. The molecule has 29 heavy (non-hydrogen) atoms. The fourth-order valence-electron chi connectivity index (χ4n) is 1.81. The topological polar surface area (TPSA) is 69.4 Å². The first-order chi connectivity index (χ1) is 13.9. The Morgan fingerprint density at radius 2 is 1.55 bits per heavy atom. The molecule has 0 unspecified atom stereocenters. The molecule has 0 aromatic heterocycles. The minimum atomic E-state index is -0.209. The van der Waals surface area contributed by atoms with E-state index in [0.717, 1.165) is 56.8 Å². The number of amides is 1. The number of carbonyl (C=O) groups is 2. The van der Waals surface area contributed by atoms with Crippen LogP contribution in [0.25, 0.3) is 0 Å². The number of primary amides is 1. The van der Waals surface area contributed by atoms with Crippen LogP contribution in [0.5, 0.6) is 0 Å². The van der Waals surface area contributed by atoms with E-state index in [4.69, 9.17) is 5.73 Å². The lowest BCUT2D eigenvalue weighted by atomic mass is 10.1. The van der Waals surface area contributed by atoms with Crippen LogP contribution < -0.4 is 5.73 Å². The highest BCUT2D eigenvalue weighted by molar-refractivity contribution is 5.73. The van der Waals surface area contributed by atoms with E-state index in [2.05, 4.69) is 31.1 Å². The third-order valence-electron chi connectivity index (χ3n) is 3.41. The Balaban J connectivity index is -0.000000189. The molecule has 0 bridgehead atoms. The number of hydrogen-bond donors (Lipinski definition) is 1. The van der Waals surface area contributed by atoms with Gasteiger partial charge in [0.2, 0.25) is 5.91 Å². The summed E-state index contributed by atoms with van der Waals surface area (Å²) in [5, 5.41) is 0. The van der Waals surface area contributed by atoms with Gasteiger partial charge in [-0.05, 0) is 64.4 Å². The largest absolute Gasteiger partial charge is 0.388 e. The Bertz CT molecular complexity index is 486. The van der Waals surface area contributed by atoms with Crippen LogP contribution in [0.1, 0.15) is 72.1 Å². The zero-order valence-electron chi connectivity index (χ0n) is 19.3. The molecule has 0 heterocycles. The second kappa shape index (κ2) is 33.2. The zero-order valence-corrected chi connectivity index (χ0v) is 19.3. The summed E-state index contributed by atoms with van der Waals surface area (Å²) in [6.07, 6.45) is 26.3. The summed E-state index contributed by atoms with van der Waals surface area (Å²) in [7, 11) is 3.25. The van der Waals surface area contributed by atoms with Crippen molar-refractivity contribution >= 4 is 12.2 Å². The molecule has 0 aliphatic heterocycles. The SMILES string of the molecule is C#C.C/C=C\CCCC(N)=O.C=C(CC)CCC/C=C(/C=O)C/C=C\C.COC. The average molecular weight is 406 g/mol. The van der Waals surface area contributed by atoms with E-state index >= 15 is 0 Å². The number of unbranched alkanes of at least 4 members (excludes halogenated alkanes) is 2. The molecule has 0 aromatic carbocycles. The molecule has 0 aromatic rings. The maximum Gasteiger partial charge on any atom is 0.217 e. The number of rotatable bonds is 12. The van der Waals surface area contributed by atoms with Crippen LogP contribution in [-0.4, -0.2) is 26.4 Å². The van der Waals surface area contributed by atoms with Gasteiger partial charge in [0.25, 0.3) is 0 Å². The number of nitrogens with two attached hydrogens (primary N) is 1. The van der Waals surface area contributed by atoms with E-state index in [9.17, 15) is 9.59 Å². The Labute approximate surface area is 180 Å². The van der Waals surface area contributed by atoms with Gasteiger partial charge in [-0.2, -0.15) is 0 Å². The van der Waals surface area contributed by atoms with E-state index in [1.807, 2.05) is 44.2 Å². The van der Waals surface area contributed by atoms with Gasteiger partial charge in [-0.25, -0.2) is 0 Å². The normalized spacial score (nSPS) is 10.1. The minimum absolute atomic E-state index is 0.209. The van der Waals surface area contributed by atoms with Crippen LogP contribution in [0.3, 0.4) is 0 Å². The summed E-state index contributed by atoms with van der Waals surface area (Å²) in [4.78, 5) is 20.8. The lowest BCUT2D eigenvalue weighted by Crippen LogP contribution is -2.09. The summed E-state index contributed by atoms with van der Waals surface area (Å²) in [6.45, 7) is 10.0. The maximum absolute atomic E-state index is 10.7. The lowest BCUT2D eigenvalue weighted by Gasteiger charge is -2.00. The molecular weight excluding hydrogens is 362 g/mol. The van der Waals surface area contributed by atoms with Crippen LogP contribution >= 0.6 is 0 Å². The fourth-order valence-corrected chi connectivity index (χ4v) is 1.81. The molecule has 0 rings (SSSR count). The third-order valence-corrected chi connectivity index (χ3v) is 3.41. The number of methoxy groups -OCH3 is 1. The Kier molecular flexibility index (Phi) is 39.1. The first-order valence-corrected chi connectivity index (χ1v) is 9.98. The number of hydrogen-bond acceptors (Lipinski definition) is 3. The molecule has 166 valence electrons. The van der Waals surface area contributed by atoms with Gasteiger partial charge < -0.3 is 10.5 Å². The van der Waals surface area contributed by atoms with Crippen molar-refractivity contribution in [3.05, 3.63) is 48.1 Å². The van der Waals surface area contributed by atoms with Crippen molar-refractivity contribution in [3.63, 3.8) is 0 Å². The molecule has 4 nitrogen and oxygen atoms in total. The molecule has 4 heteroatoms. The molecule has 1 amide bonds. The molecule has 0 atom stereocenters. The van der Waals surface area contributed by atoms with Gasteiger partial charge >= 0.3 is 0 Å². The van der Waals surface area contributed by atoms with Crippen LogP contribution in [0.4, 0.5) is 0 Å². The summed E-state index contributed by atoms with van der Waals surface area (Å²) in [5.41, 5.74) is 7.09. The first kappa shape index (κ1) is 34.1. The highest BCUT2D eigenvalue weighted by Crippen LogP contribution is 2.10. The molecule has 0 saturated carbocycles. The number of ether oxygens (including phenoxy) is 1. The van der Waals surface area contributed by atoms with Crippen molar-refractivity contribution in [1.82, 2.24) is 0 Å². The molecule has 0 saturated heterocycles. The molecular formula is C25H43NO3. The first-order valence-electron chi connectivity index (χ1n) is 9.98. The maximum atomic E-state index is 10.7. The predicted molar refractivity (Wildman–Crippen MR) is 128 cm³/mol. The number of terminal acetylenes is 1. The van der Waals surface area contributed by atoms with Gasteiger partial charge in [0.15, 0.2) is 0 Å². The van der Waals surface area contributed by atoms with Crippen molar-refractivity contribution in [2.75, 3.05) is 14.2 Å². The number of allylic oxidation sites excluding steroid dienone is 7. The van der Waals surface area contributed by atoms with Gasteiger partial charge in [-0.15, -0.1) is 12.8 Å². The van der Waals surface area contributed by atoms with E-state index in [1.54, 1.807) is 14.2 Å². The van der Waals surface area contributed by atoms with Crippen LogP contribution in [0, 0.1) is 12.8 Å². The molecule has 0 radical (unpaired) electrons. The van der Waals surface area contributed by atoms with Crippen molar-refractivity contribution in [2.24, 2.45) is 5.73 Å². The minimum Gasteiger partial charge on any atom is -0.388 e. The summed E-state index contributed by atoms with van der Waals surface area (Å²) in [5.74, 6) is -0.209. The quantitative estimate of drug-likeness (QED) is 0.143. The second-order valence-corrected chi connectivity index (χ2v) is 6.00. The number of aldehydes is 1. The third kappa shape index (κ3) is 41.2. The summed E-state index contributed by atoms with van der Waals surface area (Å²) >= 11 is 0. The van der Waals surface area contributed by atoms with Gasteiger partial charge in [0.05, 0.1) is 0 Å². The van der Waals surface area contributed by atoms with Crippen LogP contribution in [-0.2, 0) is 14.3 Å². The standard InChI is InChI=1S/C14H22O.C7H13NO.C2H6O.C2H2/c1-4-6-10-14(12-15)11-8-7-9-13(3)5-2;1-2-3-4-5-6-7(8)9;1-3-2;1-2/h4,6,11-12H,3,5,7-10H2,1-2H3;2-3H,4-6H2,1H3,(H2,8,9);1-2H3;1-2H/b6-4-,14-11+;3-2-;;. The summed E-state index contributed by atoms with van der Waals surface area (Å²) < 4.78 is 4.25. The molecule has 0 spiro atoms. The Hall–Kier alpha value is -2.38. The van der Waals surface area contributed by atoms with Crippen LogP contribution in [0.2, 0.25) is 0 Å². The highest BCUT2D eigenvalue weighted by Gasteiger charge is 1.93. The zero-order chi connectivity index (χ0) is 23.3. The second-order valence-electron chi connectivity index (χ2n) is 6.00. The summed E-state index contributed by atoms with van der Waals surface area (Å²) in [6, 6.07) is 0. The lowest BCUT2D eigenvalue weighted by molar-refractivity contribution is -0.118. The fraction of sp³-hybridized carbons (Fsp3) is 0.520. The molecule has 2 N–H and O–H groups in total. The van der Waals surface area contributed by atoms with Crippen molar-refractivity contribution < 1.29 is 14.3 Å². The van der Waals surface area contributed by atoms with E-state index in [1.165, 1.54) is 5.57 Å². The van der Waals surface area contributed by atoms with Crippen molar-refractivity contribution in [1.29, 1.82) is 0 Å². The van der Waals surface area contributed by atoms with E-state index < -0.39 is 0 Å².